The van der Waals surface area contributed by atoms with Gasteiger partial charge in [-0.2, -0.15) is 0 Å². The van der Waals surface area contributed by atoms with E-state index >= 15 is 0 Å². The van der Waals surface area contributed by atoms with Crippen LogP contribution in [0.5, 0.6) is 0 Å². The van der Waals surface area contributed by atoms with Gasteiger partial charge in [0, 0.05) is 5.69 Å². The van der Waals surface area contributed by atoms with Crippen LogP contribution in [0, 0.1) is 13.8 Å². The molecule has 0 aliphatic rings. The normalized spacial score (nSPS) is 11.4. The fourth-order valence-corrected chi connectivity index (χ4v) is 3.53. The molecule has 1 aromatic heterocycles. The van der Waals surface area contributed by atoms with Gasteiger partial charge in [0.15, 0.2) is 0 Å². The summed E-state index contributed by atoms with van der Waals surface area (Å²) in [6.45, 7) is 3.41. The first-order valence-corrected chi connectivity index (χ1v) is 7.38. The summed E-state index contributed by atoms with van der Waals surface area (Å²) in [7, 11) is -3.68. The molecule has 1 heterocycles. The maximum atomic E-state index is 12.2. The number of nitrogens with one attached hydrogen (secondary N) is 1. The molecule has 2 rings (SSSR count). The molecule has 0 bridgehead atoms. The second-order valence-corrected chi connectivity index (χ2v) is 6.53. The Labute approximate surface area is 109 Å². The number of benzene rings is 1. The first-order chi connectivity index (χ1) is 8.40. The SMILES string of the molecule is Cc1nnc(NS(=O)(=O)c2cccc(N)c2C)s1. The summed E-state index contributed by atoms with van der Waals surface area (Å²) in [6, 6.07) is 4.76. The molecule has 0 radical (unpaired) electrons. The van der Waals surface area contributed by atoms with E-state index < -0.39 is 10.0 Å². The minimum atomic E-state index is -3.68. The molecule has 0 aliphatic heterocycles. The van der Waals surface area contributed by atoms with E-state index in [1.165, 1.54) is 17.4 Å². The number of nitrogens with zero attached hydrogens (tertiary/aromatic N) is 2. The average Bonchev–Trinajstić information content (AvgIpc) is 2.67. The number of hydrogen-bond donors (Lipinski definition) is 2. The van der Waals surface area contributed by atoms with Crippen molar-refractivity contribution in [1.82, 2.24) is 10.2 Å². The van der Waals surface area contributed by atoms with Crippen LogP contribution in [0.15, 0.2) is 23.1 Å². The summed E-state index contributed by atoms with van der Waals surface area (Å²) in [6.07, 6.45) is 0. The smallest absolute Gasteiger partial charge is 0.264 e. The Morgan fingerprint density at radius 1 is 1.28 bits per heavy atom. The molecule has 0 saturated heterocycles. The maximum absolute atomic E-state index is 12.2. The Hall–Kier alpha value is -1.67. The van der Waals surface area contributed by atoms with Crippen molar-refractivity contribution in [1.29, 1.82) is 0 Å². The van der Waals surface area contributed by atoms with Crippen LogP contribution in [-0.4, -0.2) is 18.6 Å². The lowest BCUT2D eigenvalue weighted by atomic mass is 10.2. The van der Waals surface area contributed by atoms with Gasteiger partial charge in [0.25, 0.3) is 10.0 Å². The second kappa shape index (κ2) is 4.54. The van der Waals surface area contributed by atoms with E-state index in [-0.39, 0.29) is 10.0 Å². The molecule has 0 spiro atoms. The predicted octanol–water partition coefficient (Wildman–Crippen LogP) is 1.54. The zero-order chi connectivity index (χ0) is 13.3. The topological polar surface area (TPSA) is 98.0 Å². The summed E-state index contributed by atoms with van der Waals surface area (Å²) in [4.78, 5) is 0.148. The summed E-state index contributed by atoms with van der Waals surface area (Å²) < 4.78 is 26.7. The number of nitrogen functional groups attached to an aromatic ring is 1. The molecule has 6 nitrogen and oxygen atoms in total. The van der Waals surface area contributed by atoms with E-state index in [0.29, 0.717) is 16.3 Å². The van der Waals surface area contributed by atoms with Gasteiger partial charge in [-0.1, -0.05) is 17.4 Å². The molecule has 8 heteroatoms. The third-order valence-electron chi connectivity index (χ3n) is 2.36. The van der Waals surface area contributed by atoms with Gasteiger partial charge in [-0.15, -0.1) is 10.2 Å². The van der Waals surface area contributed by atoms with Gasteiger partial charge >= 0.3 is 0 Å². The number of nitrogens with two attached hydrogens (primary N) is 1. The van der Waals surface area contributed by atoms with Crippen LogP contribution >= 0.6 is 11.3 Å². The minimum absolute atomic E-state index is 0.148. The van der Waals surface area contributed by atoms with E-state index in [0.717, 1.165) is 0 Å². The Morgan fingerprint density at radius 2 is 2.00 bits per heavy atom. The van der Waals surface area contributed by atoms with Crippen molar-refractivity contribution >= 4 is 32.2 Å². The Bertz CT molecular complexity index is 679. The van der Waals surface area contributed by atoms with Gasteiger partial charge in [0.1, 0.15) is 5.01 Å². The Morgan fingerprint density at radius 3 is 2.61 bits per heavy atom. The van der Waals surface area contributed by atoms with Crippen LogP contribution in [0.1, 0.15) is 10.6 Å². The molecule has 0 amide bonds. The maximum Gasteiger partial charge on any atom is 0.264 e. The molecule has 0 atom stereocenters. The summed E-state index contributed by atoms with van der Waals surface area (Å²) in [5.41, 5.74) is 6.65. The monoisotopic (exact) mass is 284 g/mol. The van der Waals surface area contributed by atoms with E-state index in [9.17, 15) is 8.42 Å². The van der Waals surface area contributed by atoms with Gasteiger partial charge in [-0.25, -0.2) is 8.42 Å². The standard InChI is InChI=1S/C10H12N4O2S2/c1-6-8(11)4-3-5-9(6)18(15,16)14-10-13-12-7(2)17-10/h3-5H,11H2,1-2H3,(H,13,14). The predicted molar refractivity (Wildman–Crippen MR) is 71.0 cm³/mol. The third kappa shape index (κ3) is 2.44. The molecule has 18 heavy (non-hydrogen) atoms. The van der Waals surface area contributed by atoms with E-state index in [2.05, 4.69) is 14.9 Å². The van der Waals surface area contributed by atoms with Gasteiger partial charge < -0.3 is 5.73 Å². The van der Waals surface area contributed by atoms with Crippen LogP contribution in [0.4, 0.5) is 10.8 Å². The van der Waals surface area contributed by atoms with Crippen molar-refractivity contribution in [3.05, 3.63) is 28.8 Å². The first-order valence-electron chi connectivity index (χ1n) is 5.08. The Kier molecular flexibility index (Phi) is 3.22. The van der Waals surface area contributed by atoms with Crippen LogP contribution in [0.25, 0.3) is 0 Å². The summed E-state index contributed by atoms with van der Waals surface area (Å²) in [5, 5.41) is 8.41. The number of aromatic nitrogens is 2. The first kappa shape index (κ1) is 12.8. The molecule has 0 saturated carbocycles. The van der Waals surface area contributed by atoms with Crippen molar-refractivity contribution < 1.29 is 8.42 Å². The fourth-order valence-electron chi connectivity index (χ4n) is 1.43. The largest absolute Gasteiger partial charge is 0.398 e. The highest BCUT2D eigenvalue weighted by molar-refractivity contribution is 7.93. The summed E-state index contributed by atoms with van der Waals surface area (Å²) in [5.74, 6) is 0. The zero-order valence-electron chi connectivity index (χ0n) is 9.84. The second-order valence-electron chi connectivity index (χ2n) is 3.70. The minimum Gasteiger partial charge on any atom is -0.398 e. The van der Waals surface area contributed by atoms with E-state index in [4.69, 9.17) is 5.73 Å². The number of anilines is 2. The quantitative estimate of drug-likeness (QED) is 0.833. The zero-order valence-corrected chi connectivity index (χ0v) is 11.5. The molecular weight excluding hydrogens is 272 g/mol. The van der Waals surface area contributed by atoms with Gasteiger partial charge in [-0.3, -0.25) is 4.72 Å². The van der Waals surface area contributed by atoms with E-state index in [1.807, 2.05) is 0 Å². The molecule has 96 valence electrons. The van der Waals surface area contributed by atoms with Crippen molar-refractivity contribution in [2.24, 2.45) is 0 Å². The molecule has 0 fully saturated rings. The highest BCUT2D eigenvalue weighted by Crippen LogP contribution is 2.24. The lowest BCUT2D eigenvalue weighted by molar-refractivity contribution is 0.600. The van der Waals surface area contributed by atoms with Crippen molar-refractivity contribution in [3.63, 3.8) is 0 Å². The van der Waals surface area contributed by atoms with Crippen LogP contribution in [0.3, 0.4) is 0 Å². The summed E-state index contributed by atoms with van der Waals surface area (Å²) >= 11 is 1.18. The molecule has 0 unspecified atom stereocenters. The lowest BCUT2D eigenvalue weighted by Crippen LogP contribution is -2.14. The lowest BCUT2D eigenvalue weighted by Gasteiger charge is -2.09. The highest BCUT2D eigenvalue weighted by atomic mass is 32.2. The molecular formula is C10H12N4O2S2. The van der Waals surface area contributed by atoms with Gasteiger partial charge in [-0.05, 0) is 31.5 Å². The van der Waals surface area contributed by atoms with Crippen molar-refractivity contribution in [2.75, 3.05) is 10.5 Å². The highest BCUT2D eigenvalue weighted by Gasteiger charge is 2.19. The average molecular weight is 284 g/mol. The number of rotatable bonds is 3. The van der Waals surface area contributed by atoms with Crippen molar-refractivity contribution in [3.8, 4) is 0 Å². The molecule has 0 aliphatic carbocycles. The molecule has 3 N–H and O–H groups in total. The Balaban J connectivity index is 2.40. The van der Waals surface area contributed by atoms with Gasteiger partial charge in [0.05, 0.1) is 4.90 Å². The number of hydrogen-bond acceptors (Lipinski definition) is 6. The third-order valence-corrected chi connectivity index (χ3v) is 4.73. The molecule has 2 aromatic rings. The number of aryl methyl sites for hydroxylation is 1. The van der Waals surface area contributed by atoms with Crippen LogP contribution < -0.4 is 10.5 Å². The van der Waals surface area contributed by atoms with Crippen LogP contribution in [0.2, 0.25) is 0 Å². The van der Waals surface area contributed by atoms with Crippen LogP contribution in [-0.2, 0) is 10.0 Å². The number of sulfonamides is 1. The van der Waals surface area contributed by atoms with Crippen molar-refractivity contribution in [2.45, 2.75) is 18.7 Å². The van der Waals surface area contributed by atoms with E-state index in [1.54, 1.807) is 26.0 Å². The van der Waals surface area contributed by atoms with Gasteiger partial charge in [0.2, 0.25) is 5.13 Å². The molecule has 1 aromatic carbocycles. The fraction of sp³-hybridized carbons (Fsp3) is 0.200.